The lowest BCUT2D eigenvalue weighted by molar-refractivity contribution is 0.0947. The highest BCUT2D eigenvalue weighted by atomic mass is 16.5. The number of para-hydroxylation sites is 1. The first kappa shape index (κ1) is 12.7. The maximum atomic E-state index is 12.7. The van der Waals surface area contributed by atoms with Gasteiger partial charge in [-0.2, -0.15) is 0 Å². The second-order valence-corrected chi connectivity index (χ2v) is 4.95. The van der Waals surface area contributed by atoms with Crippen molar-refractivity contribution in [3.8, 4) is 11.5 Å². The third-order valence-corrected chi connectivity index (χ3v) is 3.72. The van der Waals surface area contributed by atoms with Crippen LogP contribution < -0.4 is 9.47 Å². The van der Waals surface area contributed by atoms with Crippen molar-refractivity contribution >= 4 is 5.78 Å². The van der Waals surface area contributed by atoms with E-state index in [2.05, 4.69) is 0 Å². The highest BCUT2D eigenvalue weighted by molar-refractivity contribution is 6.03. The normalized spacial score (nSPS) is 16.4. The number of carbonyl (C=O) groups is 1. The predicted molar refractivity (Wildman–Crippen MR) is 76.7 cm³/mol. The average molecular weight is 268 g/mol. The molecule has 0 saturated carbocycles. The van der Waals surface area contributed by atoms with Crippen LogP contribution >= 0.6 is 0 Å². The number of carbonyl (C=O) groups excluding carboxylic acids is 1. The molecule has 3 nitrogen and oxygen atoms in total. The Morgan fingerprint density at radius 1 is 1.25 bits per heavy atom. The van der Waals surface area contributed by atoms with Gasteiger partial charge in [-0.3, -0.25) is 4.79 Å². The standard InChI is InChI=1S/C17H16O3/c1-11-9-12(19-2)7-8-13(11)17(18)15-10-20-16-6-4-3-5-14(15)16/h3-9,15H,10H2,1-2H3. The van der Waals surface area contributed by atoms with Crippen LogP contribution in [0.4, 0.5) is 0 Å². The van der Waals surface area contributed by atoms with E-state index in [0.29, 0.717) is 6.61 Å². The summed E-state index contributed by atoms with van der Waals surface area (Å²) in [5.74, 6) is 1.48. The fourth-order valence-corrected chi connectivity index (χ4v) is 2.61. The molecule has 0 spiro atoms. The molecule has 1 unspecified atom stereocenters. The quantitative estimate of drug-likeness (QED) is 0.801. The molecule has 2 aromatic rings. The maximum absolute atomic E-state index is 12.7. The van der Waals surface area contributed by atoms with Crippen molar-refractivity contribution in [2.75, 3.05) is 13.7 Å². The summed E-state index contributed by atoms with van der Waals surface area (Å²) in [4.78, 5) is 12.7. The summed E-state index contributed by atoms with van der Waals surface area (Å²) < 4.78 is 10.8. The van der Waals surface area contributed by atoms with Gasteiger partial charge in [0.1, 0.15) is 18.1 Å². The predicted octanol–water partition coefficient (Wildman–Crippen LogP) is 3.36. The summed E-state index contributed by atoms with van der Waals surface area (Å²) in [5, 5.41) is 0. The van der Waals surface area contributed by atoms with Crippen LogP contribution in [0.5, 0.6) is 11.5 Å². The number of methoxy groups -OCH3 is 1. The number of ether oxygens (including phenoxy) is 2. The molecule has 1 aliphatic heterocycles. The molecule has 1 heterocycles. The molecule has 3 heteroatoms. The molecule has 1 atom stereocenters. The Balaban J connectivity index is 1.95. The molecule has 3 rings (SSSR count). The zero-order valence-electron chi connectivity index (χ0n) is 11.6. The fourth-order valence-electron chi connectivity index (χ4n) is 2.61. The smallest absolute Gasteiger partial charge is 0.174 e. The van der Waals surface area contributed by atoms with E-state index in [1.54, 1.807) is 7.11 Å². The van der Waals surface area contributed by atoms with E-state index in [1.807, 2.05) is 49.4 Å². The first-order valence-electron chi connectivity index (χ1n) is 6.61. The lowest BCUT2D eigenvalue weighted by atomic mass is 9.90. The van der Waals surface area contributed by atoms with Crippen LogP contribution in [0.15, 0.2) is 42.5 Å². The SMILES string of the molecule is COc1ccc(C(=O)C2COc3ccccc32)c(C)c1. The van der Waals surface area contributed by atoms with Crippen LogP contribution in [0.3, 0.4) is 0 Å². The molecule has 0 aromatic heterocycles. The number of ketones is 1. The van der Waals surface area contributed by atoms with Crippen LogP contribution in [-0.2, 0) is 0 Å². The summed E-state index contributed by atoms with van der Waals surface area (Å²) in [6.07, 6.45) is 0. The van der Waals surface area contributed by atoms with Crippen LogP contribution in [0, 0.1) is 6.92 Å². The number of aryl methyl sites for hydroxylation is 1. The Kier molecular flexibility index (Phi) is 3.18. The van der Waals surface area contributed by atoms with E-state index < -0.39 is 0 Å². The van der Waals surface area contributed by atoms with E-state index in [0.717, 1.165) is 28.2 Å². The largest absolute Gasteiger partial charge is 0.497 e. The third-order valence-electron chi connectivity index (χ3n) is 3.72. The van der Waals surface area contributed by atoms with Crippen molar-refractivity contribution in [2.24, 2.45) is 0 Å². The number of hydrogen-bond acceptors (Lipinski definition) is 3. The molecule has 0 saturated heterocycles. The minimum Gasteiger partial charge on any atom is -0.497 e. The Hall–Kier alpha value is -2.29. The zero-order valence-corrected chi connectivity index (χ0v) is 11.6. The topological polar surface area (TPSA) is 35.5 Å². The summed E-state index contributed by atoms with van der Waals surface area (Å²) in [6.45, 7) is 2.35. The first-order valence-corrected chi connectivity index (χ1v) is 6.61. The Labute approximate surface area is 118 Å². The van der Waals surface area contributed by atoms with E-state index in [-0.39, 0.29) is 11.7 Å². The summed E-state index contributed by atoms with van der Waals surface area (Å²) >= 11 is 0. The molecule has 2 aromatic carbocycles. The van der Waals surface area contributed by atoms with Gasteiger partial charge in [-0.1, -0.05) is 18.2 Å². The van der Waals surface area contributed by atoms with Crippen molar-refractivity contribution in [1.29, 1.82) is 0 Å². The average Bonchev–Trinajstić information content (AvgIpc) is 2.90. The zero-order chi connectivity index (χ0) is 14.1. The molecule has 0 bridgehead atoms. The molecule has 0 N–H and O–H groups in total. The van der Waals surface area contributed by atoms with Gasteiger partial charge >= 0.3 is 0 Å². The van der Waals surface area contributed by atoms with Crippen LogP contribution in [0.25, 0.3) is 0 Å². The molecule has 20 heavy (non-hydrogen) atoms. The van der Waals surface area contributed by atoms with Gasteiger partial charge in [-0.25, -0.2) is 0 Å². The fraction of sp³-hybridized carbons (Fsp3) is 0.235. The van der Waals surface area contributed by atoms with E-state index in [9.17, 15) is 4.79 Å². The molecule has 0 aliphatic carbocycles. The van der Waals surface area contributed by atoms with Crippen molar-refractivity contribution < 1.29 is 14.3 Å². The molecule has 0 fully saturated rings. The Bertz CT molecular complexity index is 661. The summed E-state index contributed by atoms with van der Waals surface area (Å²) in [7, 11) is 1.62. The van der Waals surface area contributed by atoms with Crippen LogP contribution in [0.1, 0.15) is 27.4 Å². The number of fused-ring (bicyclic) bond motifs is 1. The van der Waals surface area contributed by atoms with Crippen LogP contribution in [-0.4, -0.2) is 19.5 Å². The number of rotatable bonds is 3. The van der Waals surface area contributed by atoms with Gasteiger partial charge in [0.2, 0.25) is 0 Å². The van der Waals surface area contributed by atoms with Crippen molar-refractivity contribution in [3.05, 3.63) is 59.2 Å². The number of hydrogen-bond donors (Lipinski definition) is 0. The van der Waals surface area contributed by atoms with Gasteiger partial charge in [-0.05, 0) is 36.8 Å². The van der Waals surface area contributed by atoms with Gasteiger partial charge in [0.15, 0.2) is 5.78 Å². The number of Topliss-reactive ketones (excluding diaryl/α,β-unsaturated/α-hetero) is 1. The first-order chi connectivity index (χ1) is 9.70. The highest BCUT2D eigenvalue weighted by Crippen LogP contribution is 2.36. The minimum atomic E-state index is -0.210. The van der Waals surface area contributed by atoms with Gasteiger partial charge in [0.25, 0.3) is 0 Å². The summed E-state index contributed by atoms with van der Waals surface area (Å²) in [6, 6.07) is 13.3. The maximum Gasteiger partial charge on any atom is 0.174 e. The van der Waals surface area contributed by atoms with Crippen LogP contribution in [0.2, 0.25) is 0 Å². The van der Waals surface area contributed by atoms with Gasteiger partial charge in [0.05, 0.1) is 13.0 Å². The monoisotopic (exact) mass is 268 g/mol. The second kappa shape index (κ2) is 5.00. The molecule has 1 aliphatic rings. The lowest BCUT2D eigenvalue weighted by Gasteiger charge is -2.11. The molecule has 102 valence electrons. The molecule has 0 amide bonds. The lowest BCUT2D eigenvalue weighted by Crippen LogP contribution is -2.15. The molecular formula is C17H16O3. The van der Waals surface area contributed by atoms with E-state index in [4.69, 9.17) is 9.47 Å². The second-order valence-electron chi connectivity index (χ2n) is 4.95. The summed E-state index contributed by atoms with van der Waals surface area (Å²) in [5.41, 5.74) is 2.64. The Morgan fingerprint density at radius 2 is 2.05 bits per heavy atom. The molecular weight excluding hydrogens is 252 g/mol. The van der Waals surface area contributed by atoms with Gasteiger partial charge in [-0.15, -0.1) is 0 Å². The third kappa shape index (κ3) is 2.05. The van der Waals surface area contributed by atoms with Crippen molar-refractivity contribution in [3.63, 3.8) is 0 Å². The van der Waals surface area contributed by atoms with Gasteiger partial charge in [0, 0.05) is 11.1 Å². The highest BCUT2D eigenvalue weighted by Gasteiger charge is 2.31. The van der Waals surface area contributed by atoms with E-state index in [1.165, 1.54) is 0 Å². The minimum absolute atomic E-state index is 0.107. The van der Waals surface area contributed by atoms with Gasteiger partial charge < -0.3 is 9.47 Å². The Morgan fingerprint density at radius 3 is 2.80 bits per heavy atom. The number of benzene rings is 2. The van der Waals surface area contributed by atoms with Crippen molar-refractivity contribution in [2.45, 2.75) is 12.8 Å². The van der Waals surface area contributed by atoms with Crippen molar-refractivity contribution in [1.82, 2.24) is 0 Å². The molecule has 0 radical (unpaired) electrons. The van der Waals surface area contributed by atoms with E-state index >= 15 is 0 Å².